The molecule has 0 amide bonds. The highest BCUT2D eigenvalue weighted by Crippen LogP contribution is 2.20. The Labute approximate surface area is 85.0 Å². The van der Waals surface area contributed by atoms with E-state index in [1.54, 1.807) is 18.2 Å². The second kappa shape index (κ2) is 3.70. The Hall–Kier alpha value is -1.88. The van der Waals surface area contributed by atoms with E-state index >= 15 is 0 Å². The van der Waals surface area contributed by atoms with Crippen molar-refractivity contribution < 1.29 is 19.4 Å². The number of nitrogens with zero attached hydrogens (tertiary/aromatic N) is 1. The molecular weight excluding hydrogens is 198 g/mol. The number of aliphatic hydroxyl groups is 1. The summed E-state index contributed by atoms with van der Waals surface area (Å²) in [5, 5.41) is 17.5. The molecule has 2 rings (SSSR count). The van der Waals surface area contributed by atoms with Crippen molar-refractivity contribution in [3.8, 4) is 0 Å². The van der Waals surface area contributed by atoms with Crippen LogP contribution in [0.25, 0.3) is 11.1 Å². The highest BCUT2D eigenvalue weighted by Gasteiger charge is 2.11. The molecule has 0 atom stereocenters. The van der Waals surface area contributed by atoms with Crippen LogP contribution in [0.4, 0.5) is 0 Å². The van der Waals surface area contributed by atoms with Gasteiger partial charge in [-0.05, 0) is 6.07 Å². The van der Waals surface area contributed by atoms with E-state index in [1.807, 2.05) is 0 Å². The predicted molar refractivity (Wildman–Crippen MR) is 51.3 cm³/mol. The highest BCUT2D eigenvalue weighted by molar-refractivity contribution is 5.81. The van der Waals surface area contributed by atoms with Gasteiger partial charge in [0.15, 0.2) is 5.58 Å². The molecule has 5 heteroatoms. The van der Waals surface area contributed by atoms with Crippen molar-refractivity contribution in [3.63, 3.8) is 0 Å². The Bertz CT molecular complexity index is 503. The first kappa shape index (κ1) is 9.67. The maximum atomic E-state index is 10.6. The Morgan fingerprint density at radius 2 is 2.27 bits per heavy atom. The minimum atomic E-state index is -0.926. The van der Waals surface area contributed by atoms with Crippen molar-refractivity contribution in [3.05, 3.63) is 29.7 Å². The topological polar surface area (TPSA) is 83.6 Å². The van der Waals surface area contributed by atoms with E-state index in [9.17, 15) is 4.79 Å². The van der Waals surface area contributed by atoms with E-state index in [-0.39, 0.29) is 18.9 Å². The average molecular weight is 207 g/mol. The van der Waals surface area contributed by atoms with Gasteiger partial charge >= 0.3 is 5.97 Å². The van der Waals surface area contributed by atoms with Gasteiger partial charge in [-0.1, -0.05) is 12.1 Å². The second-order valence-electron chi connectivity index (χ2n) is 3.10. The maximum Gasteiger partial charge on any atom is 0.307 e. The number of carbonyl (C=O) groups is 1. The van der Waals surface area contributed by atoms with Crippen LogP contribution in [0.5, 0.6) is 0 Å². The van der Waals surface area contributed by atoms with Crippen molar-refractivity contribution >= 4 is 17.1 Å². The predicted octanol–water partition coefficient (Wildman–Crippen LogP) is 0.947. The first-order chi connectivity index (χ1) is 7.20. The largest absolute Gasteiger partial charge is 0.481 e. The van der Waals surface area contributed by atoms with Gasteiger partial charge in [0.1, 0.15) is 12.1 Å². The summed E-state index contributed by atoms with van der Waals surface area (Å²) in [5.74, 6) is -0.729. The summed E-state index contributed by atoms with van der Waals surface area (Å²) in [6, 6.07) is 5.09. The molecule has 2 aromatic rings. The van der Waals surface area contributed by atoms with Crippen LogP contribution in [-0.2, 0) is 17.8 Å². The fraction of sp³-hybridized carbons (Fsp3) is 0.200. The first-order valence-electron chi connectivity index (χ1n) is 4.40. The Kier molecular flexibility index (Phi) is 2.39. The molecule has 0 aliphatic carbocycles. The van der Waals surface area contributed by atoms with E-state index in [0.29, 0.717) is 16.7 Å². The number of aromatic nitrogens is 1. The molecule has 1 aromatic carbocycles. The number of carboxylic acid groups (broad SMARTS) is 1. The summed E-state index contributed by atoms with van der Waals surface area (Å²) < 4.78 is 5.22. The lowest BCUT2D eigenvalue weighted by Crippen LogP contribution is -1.99. The van der Waals surface area contributed by atoms with Crippen LogP contribution >= 0.6 is 0 Å². The molecular formula is C10H9NO4. The smallest absolute Gasteiger partial charge is 0.307 e. The zero-order chi connectivity index (χ0) is 10.8. The third kappa shape index (κ3) is 1.82. The molecule has 78 valence electrons. The van der Waals surface area contributed by atoms with Crippen molar-refractivity contribution in [2.45, 2.75) is 13.0 Å². The number of rotatable bonds is 3. The number of aliphatic hydroxyl groups excluding tert-OH is 1. The lowest BCUT2D eigenvalue weighted by molar-refractivity contribution is -0.136. The van der Waals surface area contributed by atoms with Crippen LogP contribution in [-0.4, -0.2) is 21.2 Å². The summed E-state index contributed by atoms with van der Waals surface area (Å²) in [6.07, 6.45) is -0.114. The van der Waals surface area contributed by atoms with Crippen molar-refractivity contribution in [2.75, 3.05) is 0 Å². The van der Waals surface area contributed by atoms with Crippen molar-refractivity contribution in [1.82, 2.24) is 4.98 Å². The van der Waals surface area contributed by atoms with Crippen LogP contribution in [0.1, 0.15) is 11.5 Å². The Balaban J connectivity index is 2.54. The third-order valence-electron chi connectivity index (χ3n) is 2.02. The van der Waals surface area contributed by atoms with E-state index < -0.39 is 5.97 Å². The van der Waals surface area contributed by atoms with Crippen LogP contribution in [0, 0.1) is 0 Å². The Morgan fingerprint density at radius 1 is 1.47 bits per heavy atom. The van der Waals surface area contributed by atoms with Crippen LogP contribution < -0.4 is 0 Å². The molecule has 0 aliphatic rings. The van der Waals surface area contributed by atoms with Gasteiger partial charge in [-0.25, -0.2) is 4.98 Å². The number of carboxylic acids is 1. The van der Waals surface area contributed by atoms with Gasteiger partial charge in [0.05, 0.1) is 6.42 Å². The normalized spacial score (nSPS) is 10.7. The van der Waals surface area contributed by atoms with Gasteiger partial charge < -0.3 is 14.6 Å². The molecule has 0 unspecified atom stereocenters. The number of hydrogen-bond donors (Lipinski definition) is 2. The molecule has 1 aromatic heterocycles. The van der Waals surface area contributed by atoms with Gasteiger partial charge in [-0.15, -0.1) is 0 Å². The molecule has 0 radical (unpaired) electrons. The first-order valence-corrected chi connectivity index (χ1v) is 4.40. The minimum absolute atomic E-state index is 0.114. The lowest BCUT2D eigenvalue weighted by Gasteiger charge is -1.96. The van der Waals surface area contributed by atoms with Gasteiger partial charge in [0, 0.05) is 5.56 Å². The standard InChI is InChI=1S/C10H9NO4/c12-5-8-11-7-3-1-2-6(4-9(13)14)10(7)15-8/h1-3,12H,4-5H2,(H,13,14). The fourth-order valence-electron chi connectivity index (χ4n) is 1.42. The van der Waals surface area contributed by atoms with Crippen LogP contribution in [0.3, 0.4) is 0 Å². The summed E-state index contributed by atoms with van der Waals surface area (Å²) in [4.78, 5) is 14.6. The third-order valence-corrected chi connectivity index (χ3v) is 2.02. The minimum Gasteiger partial charge on any atom is -0.481 e. The van der Waals surface area contributed by atoms with E-state index in [2.05, 4.69) is 4.98 Å². The van der Waals surface area contributed by atoms with Crippen LogP contribution in [0.2, 0.25) is 0 Å². The van der Waals surface area contributed by atoms with Crippen molar-refractivity contribution in [1.29, 1.82) is 0 Å². The molecule has 5 nitrogen and oxygen atoms in total. The molecule has 15 heavy (non-hydrogen) atoms. The molecule has 1 heterocycles. The SMILES string of the molecule is O=C(O)Cc1cccc2nc(CO)oc12. The fourth-order valence-corrected chi connectivity index (χ4v) is 1.42. The maximum absolute atomic E-state index is 10.6. The zero-order valence-electron chi connectivity index (χ0n) is 7.80. The zero-order valence-corrected chi connectivity index (χ0v) is 7.80. The monoisotopic (exact) mass is 207 g/mol. The van der Waals surface area contributed by atoms with Gasteiger partial charge in [-0.3, -0.25) is 4.79 Å². The lowest BCUT2D eigenvalue weighted by atomic mass is 10.1. The molecule has 0 spiro atoms. The summed E-state index contributed by atoms with van der Waals surface area (Å²) in [7, 11) is 0. The second-order valence-corrected chi connectivity index (χ2v) is 3.10. The van der Waals surface area contributed by atoms with E-state index in [1.165, 1.54) is 0 Å². The molecule has 0 saturated heterocycles. The number of fused-ring (bicyclic) bond motifs is 1. The number of para-hydroxylation sites is 1. The van der Waals surface area contributed by atoms with Crippen LogP contribution in [0.15, 0.2) is 22.6 Å². The summed E-state index contributed by atoms with van der Waals surface area (Å²) >= 11 is 0. The number of aliphatic carboxylic acids is 1. The molecule has 2 N–H and O–H groups in total. The van der Waals surface area contributed by atoms with Gasteiger partial charge in [0.25, 0.3) is 0 Å². The number of benzene rings is 1. The quantitative estimate of drug-likeness (QED) is 0.782. The summed E-state index contributed by atoms with van der Waals surface area (Å²) in [5.41, 5.74) is 1.56. The molecule has 0 bridgehead atoms. The van der Waals surface area contributed by atoms with Gasteiger partial charge in [0.2, 0.25) is 5.89 Å². The average Bonchev–Trinajstić information content (AvgIpc) is 2.61. The van der Waals surface area contributed by atoms with E-state index in [4.69, 9.17) is 14.6 Å². The van der Waals surface area contributed by atoms with E-state index in [0.717, 1.165) is 0 Å². The molecule has 0 saturated carbocycles. The van der Waals surface area contributed by atoms with Crippen molar-refractivity contribution in [2.24, 2.45) is 0 Å². The van der Waals surface area contributed by atoms with Gasteiger partial charge in [-0.2, -0.15) is 0 Å². The summed E-state index contributed by atoms with van der Waals surface area (Å²) in [6.45, 7) is -0.290. The number of hydrogen-bond acceptors (Lipinski definition) is 4. The molecule has 0 fully saturated rings. The Morgan fingerprint density at radius 3 is 2.93 bits per heavy atom. The molecule has 0 aliphatic heterocycles. The highest BCUT2D eigenvalue weighted by atomic mass is 16.4. The number of oxazole rings is 1.